The molecular formula is C18H19NO4. The summed E-state index contributed by atoms with van der Waals surface area (Å²) in [6.07, 6.45) is 0.974. The number of nitrogens with one attached hydrogen (secondary N) is 1. The van der Waals surface area contributed by atoms with Crippen LogP contribution in [-0.2, 0) is 17.8 Å². The van der Waals surface area contributed by atoms with Crippen LogP contribution in [0.25, 0.3) is 0 Å². The van der Waals surface area contributed by atoms with Gasteiger partial charge in [-0.25, -0.2) is 4.79 Å². The van der Waals surface area contributed by atoms with Gasteiger partial charge in [0.1, 0.15) is 5.75 Å². The van der Waals surface area contributed by atoms with Gasteiger partial charge in [-0.05, 0) is 35.7 Å². The molecule has 0 radical (unpaired) electrons. The van der Waals surface area contributed by atoms with Crippen LogP contribution in [0.3, 0.4) is 0 Å². The van der Waals surface area contributed by atoms with Crippen LogP contribution in [0.15, 0.2) is 48.5 Å². The number of methoxy groups -OCH3 is 1. The number of carboxylic acid groups (broad SMARTS) is 1. The molecule has 5 heteroatoms. The van der Waals surface area contributed by atoms with Crippen molar-refractivity contribution in [2.45, 2.75) is 19.4 Å². The summed E-state index contributed by atoms with van der Waals surface area (Å²) in [4.78, 5) is 22.7. The number of aryl methyl sites for hydroxylation is 1. The van der Waals surface area contributed by atoms with E-state index in [1.807, 2.05) is 24.3 Å². The topological polar surface area (TPSA) is 75.6 Å². The zero-order chi connectivity index (χ0) is 16.7. The molecule has 23 heavy (non-hydrogen) atoms. The molecule has 5 nitrogen and oxygen atoms in total. The van der Waals surface area contributed by atoms with E-state index in [1.54, 1.807) is 19.2 Å². The molecule has 0 saturated carbocycles. The van der Waals surface area contributed by atoms with Crippen LogP contribution >= 0.6 is 0 Å². The zero-order valence-corrected chi connectivity index (χ0v) is 12.9. The second-order valence-corrected chi connectivity index (χ2v) is 5.09. The van der Waals surface area contributed by atoms with Crippen molar-refractivity contribution in [2.24, 2.45) is 0 Å². The highest BCUT2D eigenvalue weighted by Crippen LogP contribution is 2.18. The average Bonchev–Trinajstić information content (AvgIpc) is 2.58. The Bertz CT molecular complexity index is 680. The molecule has 2 N–H and O–H groups in total. The first-order valence-electron chi connectivity index (χ1n) is 7.31. The number of benzene rings is 2. The maximum Gasteiger partial charge on any atom is 0.335 e. The minimum atomic E-state index is -0.961. The predicted octanol–water partition coefficient (Wildman–Crippen LogP) is 2.64. The number of rotatable bonds is 7. The Labute approximate surface area is 134 Å². The van der Waals surface area contributed by atoms with E-state index in [-0.39, 0.29) is 11.5 Å². The van der Waals surface area contributed by atoms with Crippen LogP contribution in [0.2, 0.25) is 0 Å². The van der Waals surface area contributed by atoms with Crippen molar-refractivity contribution >= 4 is 11.9 Å². The van der Waals surface area contributed by atoms with Crippen molar-refractivity contribution in [3.05, 3.63) is 65.2 Å². The number of hydrogen-bond donors (Lipinski definition) is 2. The van der Waals surface area contributed by atoms with Gasteiger partial charge in [-0.2, -0.15) is 0 Å². The van der Waals surface area contributed by atoms with Gasteiger partial charge in [-0.15, -0.1) is 0 Å². The maximum atomic E-state index is 11.9. The van der Waals surface area contributed by atoms with Crippen molar-refractivity contribution in [3.63, 3.8) is 0 Å². The Morgan fingerprint density at radius 2 is 1.78 bits per heavy atom. The lowest BCUT2D eigenvalue weighted by atomic mass is 10.1. The lowest BCUT2D eigenvalue weighted by molar-refractivity contribution is -0.121. The number of carboxylic acids is 1. The summed E-state index contributed by atoms with van der Waals surface area (Å²) in [7, 11) is 1.61. The Balaban J connectivity index is 1.82. The van der Waals surface area contributed by atoms with Gasteiger partial charge >= 0.3 is 5.97 Å². The van der Waals surface area contributed by atoms with E-state index in [0.717, 1.165) is 16.9 Å². The van der Waals surface area contributed by atoms with Crippen molar-refractivity contribution in [3.8, 4) is 5.75 Å². The van der Waals surface area contributed by atoms with Crippen LogP contribution in [0.5, 0.6) is 5.75 Å². The van der Waals surface area contributed by atoms with Gasteiger partial charge < -0.3 is 15.2 Å². The third kappa shape index (κ3) is 4.85. The second-order valence-electron chi connectivity index (χ2n) is 5.09. The number of para-hydroxylation sites is 1. The highest BCUT2D eigenvalue weighted by atomic mass is 16.5. The van der Waals surface area contributed by atoms with Crippen LogP contribution in [0, 0.1) is 0 Å². The van der Waals surface area contributed by atoms with E-state index in [0.29, 0.717) is 19.4 Å². The molecule has 0 fully saturated rings. The highest BCUT2D eigenvalue weighted by Gasteiger charge is 2.07. The van der Waals surface area contributed by atoms with Gasteiger partial charge in [-0.1, -0.05) is 30.3 Å². The summed E-state index contributed by atoms with van der Waals surface area (Å²) in [6.45, 7) is 0.380. The van der Waals surface area contributed by atoms with E-state index in [4.69, 9.17) is 9.84 Å². The molecule has 0 unspecified atom stereocenters. The van der Waals surface area contributed by atoms with Gasteiger partial charge in [0.25, 0.3) is 0 Å². The van der Waals surface area contributed by atoms with Gasteiger partial charge in [0.15, 0.2) is 0 Å². The molecule has 120 valence electrons. The molecule has 1 amide bonds. The normalized spacial score (nSPS) is 10.1. The lowest BCUT2D eigenvalue weighted by Gasteiger charge is -2.09. The van der Waals surface area contributed by atoms with Crippen LogP contribution < -0.4 is 10.1 Å². The summed E-state index contributed by atoms with van der Waals surface area (Å²) in [5.41, 5.74) is 2.09. The van der Waals surface area contributed by atoms with Crippen LogP contribution in [-0.4, -0.2) is 24.1 Å². The average molecular weight is 313 g/mol. The Kier molecular flexibility index (Phi) is 5.74. The smallest absolute Gasteiger partial charge is 0.335 e. The molecule has 0 saturated heterocycles. The molecule has 0 aliphatic carbocycles. The molecular weight excluding hydrogens is 294 g/mol. The summed E-state index contributed by atoms with van der Waals surface area (Å²) in [5, 5.41) is 11.7. The standard InChI is InChI=1S/C18H19NO4/c1-23-16-5-3-2-4-14(16)10-11-17(20)19-12-13-6-8-15(9-7-13)18(21)22/h2-9H,10-12H2,1H3,(H,19,20)(H,21,22). The van der Waals surface area contributed by atoms with Gasteiger partial charge in [0.05, 0.1) is 12.7 Å². The van der Waals surface area contributed by atoms with Gasteiger partial charge in [0.2, 0.25) is 5.91 Å². The van der Waals surface area contributed by atoms with E-state index >= 15 is 0 Å². The number of amides is 1. The molecule has 0 aliphatic rings. The summed E-state index contributed by atoms with van der Waals surface area (Å²) < 4.78 is 5.26. The first-order valence-corrected chi connectivity index (χ1v) is 7.31. The molecule has 2 rings (SSSR count). The molecule has 0 bridgehead atoms. The number of hydrogen-bond acceptors (Lipinski definition) is 3. The zero-order valence-electron chi connectivity index (χ0n) is 12.9. The molecule has 0 spiro atoms. The Hall–Kier alpha value is -2.82. The van der Waals surface area contributed by atoms with Crippen molar-refractivity contribution in [1.82, 2.24) is 5.32 Å². The van der Waals surface area contributed by atoms with E-state index in [9.17, 15) is 9.59 Å². The lowest BCUT2D eigenvalue weighted by Crippen LogP contribution is -2.23. The molecule has 0 heterocycles. The fraction of sp³-hybridized carbons (Fsp3) is 0.222. The number of aromatic carboxylic acids is 1. The minimum Gasteiger partial charge on any atom is -0.496 e. The highest BCUT2D eigenvalue weighted by molar-refractivity contribution is 5.87. The Morgan fingerprint density at radius 3 is 2.43 bits per heavy atom. The molecule has 2 aromatic carbocycles. The fourth-order valence-electron chi connectivity index (χ4n) is 2.21. The summed E-state index contributed by atoms with van der Waals surface area (Å²) in [5.74, 6) is -0.236. The third-order valence-electron chi connectivity index (χ3n) is 3.50. The fourth-order valence-corrected chi connectivity index (χ4v) is 2.21. The van der Waals surface area contributed by atoms with E-state index < -0.39 is 5.97 Å². The number of ether oxygens (including phenoxy) is 1. The first kappa shape index (κ1) is 16.5. The predicted molar refractivity (Wildman–Crippen MR) is 86.6 cm³/mol. The summed E-state index contributed by atoms with van der Waals surface area (Å²) >= 11 is 0. The molecule has 0 atom stereocenters. The molecule has 0 aliphatic heterocycles. The monoisotopic (exact) mass is 313 g/mol. The molecule has 2 aromatic rings. The largest absolute Gasteiger partial charge is 0.496 e. The SMILES string of the molecule is COc1ccccc1CCC(=O)NCc1ccc(C(=O)O)cc1. The Morgan fingerprint density at radius 1 is 1.09 bits per heavy atom. The maximum absolute atomic E-state index is 11.9. The van der Waals surface area contributed by atoms with Gasteiger partial charge in [-0.3, -0.25) is 4.79 Å². The molecule has 0 aromatic heterocycles. The number of carbonyl (C=O) groups excluding carboxylic acids is 1. The second kappa shape index (κ2) is 7.98. The van der Waals surface area contributed by atoms with Crippen molar-refractivity contribution < 1.29 is 19.4 Å². The minimum absolute atomic E-state index is 0.0572. The van der Waals surface area contributed by atoms with Crippen molar-refractivity contribution in [2.75, 3.05) is 7.11 Å². The van der Waals surface area contributed by atoms with E-state index in [1.165, 1.54) is 12.1 Å². The first-order chi connectivity index (χ1) is 11.1. The van der Waals surface area contributed by atoms with Crippen molar-refractivity contribution in [1.29, 1.82) is 0 Å². The van der Waals surface area contributed by atoms with Crippen LogP contribution in [0.4, 0.5) is 0 Å². The van der Waals surface area contributed by atoms with Gasteiger partial charge in [0, 0.05) is 13.0 Å². The quantitative estimate of drug-likeness (QED) is 0.824. The summed E-state index contributed by atoms with van der Waals surface area (Å²) in [6, 6.07) is 14.1. The van der Waals surface area contributed by atoms with Crippen LogP contribution in [0.1, 0.15) is 27.9 Å². The third-order valence-corrected chi connectivity index (χ3v) is 3.50. The number of carbonyl (C=O) groups is 2. The van der Waals surface area contributed by atoms with E-state index in [2.05, 4.69) is 5.32 Å².